The zero-order chi connectivity index (χ0) is 10.9. The molecule has 1 unspecified atom stereocenters. The molecule has 0 fully saturated rings. The van der Waals surface area contributed by atoms with E-state index < -0.39 is 20.0 Å². The van der Waals surface area contributed by atoms with Gasteiger partial charge in [0, 0.05) is 6.26 Å². The van der Waals surface area contributed by atoms with E-state index in [-0.39, 0.29) is 11.5 Å². The van der Waals surface area contributed by atoms with Gasteiger partial charge in [0.2, 0.25) is 5.76 Å². The van der Waals surface area contributed by atoms with E-state index in [1.54, 1.807) is 0 Å². The number of hydrogen-bond donors (Lipinski definition) is 1. The number of alkyl halides is 1. The van der Waals surface area contributed by atoms with Crippen LogP contribution in [0.15, 0.2) is 16.5 Å². The van der Waals surface area contributed by atoms with Crippen LogP contribution in [-0.2, 0) is 9.84 Å². The van der Waals surface area contributed by atoms with Gasteiger partial charge in [0.1, 0.15) is 5.76 Å². The zero-order valence-corrected chi connectivity index (χ0v) is 9.50. The quantitative estimate of drug-likeness (QED) is 0.848. The smallest absolute Gasteiger partial charge is 0.371 e. The summed E-state index contributed by atoms with van der Waals surface area (Å²) in [5, 5.41) is 8.52. The lowest BCUT2D eigenvalue weighted by Crippen LogP contribution is -2.03. The molecule has 1 aromatic heterocycles. The van der Waals surface area contributed by atoms with Crippen LogP contribution in [-0.4, -0.2) is 25.7 Å². The number of sulfone groups is 1. The predicted molar refractivity (Wildman–Crippen MR) is 52.2 cm³/mol. The van der Waals surface area contributed by atoms with Crippen LogP contribution in [0.5, 0.6) is 0 Å². The van der Waals surface area contributed by atoms with Gasteiger partial charge in [-0.15, -0.1) is 0 Å². The highest BCUT2D eigenvalue weighted by molar-refractivity contribution is 9.10. The minimum Gasteiger partial charge on any atom is -0.475 e. The molecule has 0 aliphatic carbocycles. The van der Waals surface area contributed by atoms with Crippen LogP contribution in [0, 0.1) is 0 Å². The molecule has 0 aliphatic heterocycles. The van der Waals surface area contributed by atoms with Crippen molar-refractivity contribution in [3.8, 4) is 0 Å². The first-order valence-electron chi connectivity index (χ1n) is 3.48. The van der Waals surface area contributed by atoms with Gasteiger partial charge in [-0.2, -0.15) is 0 Å². The molecule has 14 heavy (non-hydrogen) atoms. The Bertz CT molecular complexity index is 446. The molecule has 78 valence electrons. The van der Waals surface area contributed by atoms with Crippen molar-refractivity contribution in [3.05, 3.63) is 23.7 Å². The first-order chi connectivity index (χ1) is 6.32. The molecule has 0 saturated carbocycles. The van der Waals surface area contributed by atoms with Crippen LogP contribution < -0.4 is 0 Å². The molecule has 1 N–H and O–H groups in total. The van der Waals surface area contributed by atoms with Crippen molar-refractivity contribution in [1.29, 1.82) is 0 Å². The third kappa shape index (κ3) is 2.36. The SMILES string of the molecule is CS(=O)(=O)C(Br)c1ccc(C(=O)O)o1. The van der Waals surface area contributed by atoms with Crippen molar-refractivity contribution in [2.45, 2.75) is 4.16 Å². The van der Waals surface area contributed by atoms with Gasteiger partial charge in [-0.1, -0.05) is 15.9 Å². The summed E-state index contributed by atoms with van der Waals surface area (Å²) in [6.07, 6.45) is 1.02. The molecule has 0 spiro atoms. The Kier molecular flexibility index (Phi) is 3.01. The number of halogens is 1. The summed E-state index contributed by atoms with van der Waals surface area (Å²) in [5.74, 6) is -1.46. The van der Waals surface area contributed by atoms with Gasteiger partial charge in [0.05, 0.1) is 0 Å². The van der Waals surface area contributed by atoms with Crippen LogP contribution in [0.1, 0.15) is 20.5 Å². The van der Waals surface area contributed by atoms with Crippen molar-refractivity contribution in [2.75, 3.05) is 6.26 Å². The fraction of sp³-hybridized carbons (Fsp3) is 0.286. The van der Waals surface area contributed by atoms with E-state index in [0.717, 1.165) is 6.26 Å². The molecule has 1 aromatic rings. The summed E-state index contributed by atoms with van der Waals surface area (Å²) in [4.78, 5) is 10.4. The molecule has 0 radical (unpaired) electrons. The number of hydrogen-bond acceptors (Lipinski definition) is 4. The topological polar surface area (TPSA) is 84.6 Å². The number of furan rings is 1. The third-order valence-corrected chi connectivity index (χ3v) is 4.91. The van der Waals surface area contributed by atoms with Gasteiger partial charge in [-0.3, -0.25) is 0 Å². The molecule has 0 aromatic carbocycles. The first kappa shape index (κ1) is 11.3. The normalized spacial score (nSPS) is 13.9. The second-order valence-corrected chi connectivity index (χ2v) is 6.30. The van der Waals surface area contributed by atoms with Gasteiger partial charge < -0.3 is 9.52 Å². The Hall–Kier alpha value is -0.820. The fourth-order valence-corrected chi connectivity index (χ4v) is 1.60. The molecule has 0 saturated heterocycles. The maximum atomic E-state index is 11.1. The average molecular weight is 283 g/mol. The maximum absolute atomic E-state index is 11.1. The zero-order valence-electron chi connectivity index (χ0n) is 7.10. The Labute approximate surface area is 88.8 Å². The minimum atomic E-state index is -3.34. The Morgan fingerprint density at radius 3 is 2.50 bits per heavy atom. The Morgan fingerprint density at radius 1 is 1.57 bits per heavy atom. The van der Waals surface area contributed by atoms with E-state index in [1.807, 2.05) is 0 Å². The highest BCUT2D eigenvalue weighted by atomic mass is 79.9. The molecule has 7 heteroatoms. The summed E-state index contributed by atoms with van der Waals surface area (Å²) in [6, 6.07) is 2.51. The Balaban J connectivity index is 3.04. The summed E-state index contributed by atoms with van der Waals surface area (Å²) in [5.41, 5.74) is 0. The highest BCUT2D eigenvalue weighted by Crippen LogP contribution is 2.29. The van der Waals surface area contributed by atoms with Crippen LogP contribution in [0.3, 0.4) is 0 Å². The molecule has 0 aliphatic rings. The van der Waals surface area contributed by atoms with E-state index in [0.29, 0.717) is 0 Å². The second-order valence-electron chi connectivity index (χ2n) is 2.65. The third-order valence-electron chi connectivity index (χ3n) is 1.44. The summed E-state index contributed by atoms with van der Waals surface area (Å²) in [6.45, 7) is 0. The molecule has 0 amide bonds. The standard InChI is InChI=1S/C7H7BrO5S/c1-14(11,12)6(8)4-2-3-5(13-4)7(9)10/h2-3,6H,1H3,(H,9,10). The van der Waals surface area contributed by atoms with Gasteiger partial charge >= 0.3 is 5.97 Å². The highest BCUT2D eigenvalue weighted by Gasteiger charge is 2.23. The van der Waals surface area contributed by atoms with Gasteiger partial charge in [-0.05, 0) is 12.1 Å². The number of carbonyl (C=O) groups is 1. The lowest BCUT2D eigenvalue weighted by Gasteiger charge is -2.02. The monoisotopic (exact) mass is 282 g/mol. The van der Waals surface area contributed by atoms with Crippen molar-refractivity contribution >= 4 is 31.7 Å². The Morgan fingerprint density at radius 2 is 2.14 bits per heavy atom. The largest absolute Gasteiger partial charge is 0.475 e. The molecular weight excluding hydrogens is 276 g/mol. The number of carboxylic acids is 1. The summed E-state index contributed by atoms with van der Waals surface area (Å²) < 4.78 is 25.9. The fourth-order valence-electron chi connectivity index (χ4n) is 0.801. The van der Waals surface area contributed by atoms with Gasteiger partial charge in [-0.25, -0.2) is 13.2 Å². The van der Waals surface area contributed by atoms with Crippen molar-refractivity contribution in [1.82, 2.24) is 0 Å². The second kappa shape index (κ2) is 3.74. The number of rotatable bonds is 3. The van der Waals surface area contributed by atoms with E-state index in [1.165, 1.54) is 12.1 Å². The lowest BCUT2D eigenvalue weighted by atomic mass is 10.4. The van der Waals surface area contributed by atoms with E-state index >= 15 is 0 Å². The van der Waals surface area contributed by atoms with Crippen LogP contribution in [0.25, 0.3) is 0 Å². The summed E-state index contributed by atoms with van der Waals surface area (Å²) >= 11 is 2.89. The predicted octanol–water partition coefficient (Wildman–Crippen LogP) is 1.42. The first-order valence-corrected chi connectivity index (χ1v) is 6.35. The molecule has 1 heterocycles. The van der Waals surface area contributed by atoms with Crippen LogP contribution in [0.2, 0.25) is 0 Å². The number of carboxylic acid groups (broad SMARTS) is 1. The van der Waals surface area contributed by atoms with Crippen molar-refractivity contribution in [3.63, 3.8) is 0 Å². The van der Waals surface area contributed by atoms with E-state index in [2.05, 4.69) is 15.9 Å². The van der Waals surface area contributed by atoms with Gasteiger partial charge in [0.25, 0.3) is 0 Å². The average Bonchev–Trinajstić information content (AvgIpc) is 2.48. The molecule has 5 nitrogen and oxygen atoms in total. The van der Waals surface area contributed by atoms with Crippen molar-refractivity contribution in [2.24, 2.45) is 0 Å². The maximum Gasteiger partial charge on any atom is 0.371 e. The minimum absolute atomic E-state index is 0.0601. The molecule has 1 rings (SSSR count). The van der Waals surface area contributed by atoms with Crippen LogP contribution in [0.4, 0.5) is 0 Å². The summed E-state index contributed by atoms with van der Waals surface area (Å²) in [7, 11) is -3.34. The molecular formula is C7H7BrO5S. The molecule has 1 atom stereocenters. The lowest BCUT2D eigenvalue weighted by molar-refractivity contribution is 0.0660. The van der Waals surface area contributed by atoms with Crippen LogP contribution >= 0.6 is 15.9 Å². The molecule has 0 bridgehead atoms. The van der Waals surface area contributed by atoms with Gasteiger partial charge in [0.15, 0.2) is 14.0 Å². The van der Waals surface area contributed by atoms with E-state index in [4.69, 9.17) is 9.52 Å². The number of aromatic carboxylic acids is 1. The van der Waals surface area contributed by atoms with Crippen molar-refractivity contribution < 1.29 is 22.7 Å². The van der Waals surface area contributed by atoms with E-state index in [9.17, 15) is 13.2 Å².